The van der Waals surface area contributed by atoms with E-state index in [2.05, 4.69) is 27.6 Å². The largest absolute Gasteiger partial charge is 0.437 e. The van der Waals surface area contributed by atoms with E-state index in [4.69, 9.17) is 13.9 Å². The lowest BCUT2D eigenvalue weighted by atomic mass is 10.5. The lowest BCUT2D eigenvalue weighted by molar-refractivity contribution is -0.0403. The average Bonchev–Trinajstić information content (AvgIpc) is 2.37. The van der Waals surface area contributed by atoms with Crippen LogP contribution in [0.15, 0.2) is 10.8 Å². The van der Waals surface area contributed by atoms with Crippen LogP contribution in [0.3, 0.4) is 0 Å². The molecule has 62 valence electrons. The van der Waals surface area contributed by atoms with Gasteiger partial charge in [0.2, 0.25) is 0 Å². The number of oxazole rings is 1. The van der Waals surface area contributed by atoms with Crippen LogP contribution in [0.2, 0.25) is 0 Å². The second-order valence-corrected chi connectivity index (χ2v) is 2.81. The molecule has 0 fully saturated rings. The van der Waals surface area contributed by atoms with Crippen molar-refractivity contribution in [1.82, 2.24) is 4.98 Å². The van der Waals surface area contributed by atoms with Crippen LogP contribution in [0, 0.1) is 3.77 Å². The standard InChI is InChI=1S/C6H8INO3/c1-9-4-10-2-5-6(7)11-3-8-5/h3H,2,4H2,1H3. The van der Waals surface area contributed by atoms with Gasteiger partial charge in [0.15, 0.2) is 10.2 Å². The molecule has 0 amide bonds. The van der Waals surface area contributed by atoms with E-state index < -0.39 is 0 Å². The minimum Gasteiger partial charge on any atom is -0.437 e. The Morgan fingerprint density at radius 3 is 3.09 bits per heavy atom. The van der Waals surface area contributed by atoms with E-state index >= 15 is 0 Å². The van der Waals surface area contributed by atoms with E-state index in [-0.39, 0.29) is 6.79 Å². The maximum Gasteiger partial charge on any atom is 0.189 e. The summed E-state index contributed by atoms with van der Waals surface area (Å²) in [5.74, 6) is 0. The van der Waals surface area contributed by atoms with E-state index in [1.165, 1.54) is 6.39 Å². The minimum atomic E-state index is 0.281. The predicted octanol–water partition coefficient (Wildman–Crippen LogP) is 1.40. The molecule has 0 spiro atoms. The summed E-state index contributed by atoms with van der Waals surface area (Å²) in [7, 11) is 1.58. The second-order valence-electron chi connectivity index (χ2n) is 1.83. The van der Waals surface area contributed by atoms with Crippen molar-refractivity contribution >= 4 is 22.6 Å². The van der Waals surface area contributed by atoms with Gasteiger partial charge in [-0.15, -0.1) is 0 Å². The summed E-state index contributed by atoms with van der Waals surface area (Å²) in [5, 5.41) is 0. The van der Waals surface area contributed by atoms with E-state index in [1.807, 2.05) is 0 Å². The molecule has 0 aliphatic rings. The molecule has 0 saturated heterocycles. The summed E-state index contributed by atoms with van der Waals surface area (Å²) in [5.41, 5.74) is 0.808. The number of aromatic nitrogens is 1. The van der Waals surface area contributed by atoms with E-state index in [1.54, 1.807) is 7.11 Å². The summed E-state index contributed by atoms with van der Waals surface area (Å²) in [6, 6.07) is 0. The minimum absolute atomic E-state index is 0.281. The van der Waals surface area contributed by atoms with Crippen molar-refractivity contribution in [3.8, 4) is 0 Å². The van der Waals surface area contributed by atoms with Gasteiger partial charge in [0, 0.05) is 29.7 Å². The van der Waals surface area contributed by atoms with Gasteiger partial charge < -0.3 is 13.9 Å². The molecule has 0 unspecified atom stereocenters. The monoisotopic (exact) mass is 269 g/mol. The molecule has 1 heterocycles. The SMILES string of the molecule is COCOCc1ncoc1I. The third-order valence-corrected chi connectivity index (χ3v) is 1.91. The van der Waals surface area contributed by atoms with Crippen LogP contribution >= 0.6 is 22.6 Å². The highest BCUT2D eigenvalue weighted by Gasteiger charge is 2.03. The van der Waals surface area contributed by atoms with Gasteiger partial charge in [-0.05, 0) is 0 Å². The van der Waals surface area contributed by atoms with Crippen LogP contribution in [0.5, 0.6) is 0 Å². The zero-order valence-electron chi connectivity index (χ0n) is 6.04. The molecule has 11 heavy (non-hydrogen) atoms. The quantitative estimate of drug-likeness (QED) is 0.471. The molecule has 4 nitrogen and oxygen atoms in total. The molecular formula is C6H8INO3. The van der Waals surface area contributed by atoms with Crippen molar-refractivity contribution < 1.29 is 13.9 Å². The first-order chi connectivity index (χ1) is 5.34. The Hall–Kier alpha value is -0.140. The Labute approximate surface area is 78.0 Å². The first-order valence-electron chi connectivity index (χ1n) is 2.99. The average molecular weight is 269 g/mol. The van der Waals surface area contributed by atoms with Gasteiger partial charge in [-0.1, -0.05) is 0 Å². The molecule has 0 radical (unpaired) electrons. The van der Waals surface area contributed by atoms with Crippen molar-refractivity contribution in [2.75, 3.05) is 13.9 Å². The lowest BCUT2D eigenvalue weighted by Crippen LogP contribution is -1.98. The Morgan fingerprint density at radius 2 is 2.55 bits per heavy atom. The summed E-state index contributed by atoms with van der Waals surface area (Å²) in [4.78, 5) is 3.93. The summed E-state index contributed by atoms with van der Waals surface area (Å²) >= 11 is 2.06. The van der Waals surface area contributed by atoms with Crippen molar-refractivity contribution in [2.45, 2.75) is 6.61 Å². The fourth-order valence-corrected chi connectivity index (χ4v) is 0.979. The summed E-state index contributed by atoms with van der Waals surface area (Å²) in [6.45, 7) is 0.714. The third-order valence-electron chi connectivity index (χ3n) is 1.03. The molecule has 0 aromatic carbocycles. The van der Waals surface area contributed by atoms with Gasteiger partial charge in [0.05, 0.1) is 6.61 Å². The molecule has 0 N–H and O–H groups in total. The maximum absolute atomic E-state index is 5.06. The summed E-state index contributed by atoms with van der Waals surface area (Å²) in [6.07, 6.45) is 1.40. The van der Waals surface area contributed by atoms with Gasteiger partial charge >= 0.3 is 0 Å². The molecule has 1 aromatic rings. The Morgan fingerprint density at radius 1 is 1.73 bits per heavy atom. The zero-order valence-corrected chi connectivity index (χ0v) is 8.20. The molecular weight excluding hydrogens is 261 g/mol. The van der Waals surface area contributed by atoms with Crippen LogP contribution in [0.4, 0.5) is 0 Å². The molecule has 5 heteroatoms. The van der Waals surface area contributed by atoms with Crippen molar-refractivity contribution in [2.24, 2.45) is 0 Å². The molecule has 1 aromatic heterocycles. The Balaban J connectivity index is 2.32. The zero-order chi connectivity index (χ0) is 8.10. The molecule has 0 aliphatic heterocycles. The van der Waals surface area contributed by atoms with E-state index in [0.29, 0.717) is 6.61 Å². The third kappa shape index (κ3) is 2.76. The van der Waals surface area contributed by atoms with Gasteiger partial charge in [0.25, 0.3) is 0 Å². The van der Waals surface area contributed by atoms with E-state index in [9.17, 15) is 0 Å². The highest BCUT2D eigenvalue weighted by Crippen LogP contribution is 2.10. The Bertz CT molecular complexity index is 213. The van der Waals surface area contributed by atoms with E-state index in [0.717, 1.165) is 9.46 Å². The van der Waals surface area contributed by atoms with Crippen LogP contribution in [0.1, 0.15) is 5.69 Å². The fraction of sp³-hybridized carbons (Fsp3) is 0.500. The number of nitrogens with zero attached hydrogens (tertiary/aromatic N) is 1. The van der Waals surface area contributed by atoms with Crippen LogP contribution in [-0.2, 0) is 16.1 Å². The number of rotatable bonds is 4. The highest BCUT2D eigenvalue weighted by atomic mass is 127. The normalized spacial score (nSPS) is 10.4. The lowest BCUT2D eigenvalue weighted by Gasteiger charge is -1.98. The van der Waals surface area contributed by atoms with Gasteiger partial charge in [-0.25, -0.2) is 4.98 Å². The van der Waals surface area contributed by atoms with Crippen LogP contribution in [-0.4, -0.2) is 18.9 Å². The van der Waals surface area contributed by atoms with Crippen molar-refractivity contribution in [3.05, 3.63) is 15.9 Å². The maximum atomic E-state index is 5.06. The molecule has 0 atom stereocenters. The van der Waals surface area contributed by atoms with Crippen LogP contribution in [0.25, 0.3) is 0 Å². The Kier molecular flexibility index (Phi) is 3.81. The second kappa shape index (κ2) is 4.68. The predicted molar refractivity (Wildman–Crippen MR) is 45.9 cm³/mol. The van der Waals surface area contributed by atoms with Gasteiger partial charge in [0.1, 0.15) is 12.5 Å². The van der Waals surface area contributed by atoms with Gasteiger partial charge in [-0.3, -0.25) is 0 Å². The number of ether oxygens (including phenoxy) is 2. The number of hydrogen-bond acceptors (Lipinski definition) is 4. The van der Waals surface area contributed by atoms with Crippen molar-refractivity contribution in [3.63, 3.8) is 0 Å². The first kappa shape index (κ1) is 8.95. The number of halogens is 1. The van der Waals surface area contributed by atoms with Crippen molar-refractivity contribution in [1.29, 1.82) is 0 Å². The molecule has 0 aliphatic carbocycles. The number of methoxy groups -OCH3 is 1. The van der Waals surface area contributed by atoms with Gasteiger partial charge in [-0.2, -0.15) is 0 Å². The smallest absolute Gasteiger partial charge is 0.189 e. The number of hydrogen-bond donors (Lipinski definition) is 0. The highest BCUT2D eigenvalue weighted by molar-refractivity contribution is 14.1. The fourth-order valence-electron chi connectivity index (χ4n) is 0.571. The molecule has 1 rings (SSSR count). The first-order valence-corrected chi connectivity index (χ1v) is 4.07. The topological polar surface area (TPSA) is 44.5 Å². The molecule has 0 saturated carbocycles. The molecule has 0 bridgehead atoms. The summed E-state index contributed by atoms with van der Waals surface area (Å²) < 4.78 is 15.5. The van der Waals surface area contributed by atoms with Crippen LogP contribution < -0.4 is 0 Å².